The second-order valence-electron chi connectivity index (χ2n) is 5.45. The monoisotopic (exact) mass is 350 g/mol. The van der Waals surface area contributed by atoms with Gasteiger partial charge in [-0.2, -0.15) is 13.2 Å². The minimum Gasteiger partial charge on any atom is -0.377 e. The molecular formula is C18H14ClF3N2. The van der Waals surface area contributed by atoms with Crippen LogP contribution in [-0.4, -0.2) is 4.98 Å². The first-order chi connectivity index (χ1) is 11.4. The van der Waals surface area contributed by atoms with Crippen LogP contribution in [0.25, 0.3) is 10.9 Å². The van der Waals surface area contributed by atoms with Crippen molar-refractivity contribution in [3.05, 3.63) is 70.9 Å². The zero-order valence-corrected chi connectivity index (χ0v) is 13.5. The van der Waals surface area contributed by atoms with Crippen LogP contribution in [-0.2, 0) is 6.18 Å². The molecule has 0 amide bonds. The van der Waals surface area contributed by atoms with Gasteiger partial charge in [0, 0.05) is 17.6 Å². The molecule has 2 aromatic carbocycles. The van der Waals surface area contributed by atoms with Crippen molar-refractivity contribution in [2.45, 2.75) is 19.1 Å². The van der Waals surface area contributed by atoms with E-state index in [9.17, 15) is 13.2 Å². The number of anilines is 1. The maximum absolute atomic E-state index is 13.2. The minimum absolute atomic E-state index is 0.168. The van der Waals surface area contributed by atoms with Crippen LogP contribution in [0.2, 0.25) is 5.02 Å². The van der Waals surface area contributed by atoms with Crippen LogP contribution < -0.4 is 5.32 Å². The van der Waals surface area contributed by atoms with Crippen LogP contribution in [0.4, 0.5) is 18.9 Å². The Hall–Kier alpha value is -2.27. The molecule has 1 aromatic heterocycles. The molecule has 3 aromatic rings. The number of hydrogen-bond acceptors (Lipinski definition) is 2. The van der Waals surface area contributed by atoms with Crippen LogP contribution in [0.5, 0.6) is 0 Å². The number of pyridine rings is 1. The predicted octanol–water partition coefficient (Wildman–Crippen LogP) is 6.08. The minimum atomic E-state index is -4.41. The van der Waals surface area contributed by atoms with Crippen molar-refractivity contribution in [2.24, 2.45) is 0 Å². The number of halogens is 4. The molecule has 3 rings (SSSR count). The van der Waals surface area contributed by atoms with Crippen LogP contribution >= 0.6 is 11.6 Å². The first-order valence-corrected chi connectivity index (χ1v) is 7.71. The molecule has 1 N–H and O–H groups in total. The van der Waals surface area contributed by atoms with Gasteiger partial charge in [-0.25, -0.2) is 0 Å². The van der Waals surface area contributed by atoms with E-state index in [2.05, 4.69) is 10.3 Å². The smallest absolute Gasteiger partial charge is 0.377 e. The number of nitrogens with one attached hydrogen (secondary N) is 1. The van der Waals surface area contributed by atoms with Gasteiger partial charge in [-0.05, 0) is 24.6 Å². The third kappa shape index (κ3) is 3.17. The fourth-order valence-corrected chi connectivity index (χ4v) is 2.90. The molecule has 0 aliphatic carbocycles. The van der Waals surface area contributed by atoms with Gasteiger partial charge in [0.1, 0.15) is 0 Å². The summed E-state index contributed by atoms with van der Waals surface area (Å²) >= 11 is 6.22. The topological polar surface area (TPSA) is 24.9 Å². The van der Waals surface area contributed by atoms with E-state index >= 15 is 0 Å². The van der Waals surface area contributed by atoms with Crippen LogP contribution in [0.3, 0.4) is 0 Å². The lowest BCUT2D eigenvalue weighted by molar-refractivity contribution is -0.138. The number of nitrogens with zero attached hydrogens (tertiary/aromatic N) is 1. The van der Waals surface area contributed by atoms with Crippen LogP contribution in [0.1, 0.15) is 24.1 Å². The number of benzene rings is 2. The van der Waals surface area contributed by atoms with Crippen LogP contribution in [0.15, 0.2) is 54.7 Å². The number of para-hydroxylation sites is 1. The first kappa shape index (κ1) is 16.6. The van der Waals surface area contributed by atoms with Crippen molar-refractivity contribution in [1.82, 2.24) is 4.98 Å². The molecule has 0 saturated carbocycles. The summed E-state index contributed by atoms with van der Waals surface area (Å²) in [5.41, 5.74) is 0.814. The summed E-state index contributed by atoms with van der Waals surface area (Å²) in [7, 11) is 0. The molecule has 0 bridgehead atoms. The number of fused-ring (bicyclic) bond motifs is 1. The Labute approximate surface area is 142 Å². The van der Waals surface area contributed by atoms with E-state index in [0.29, 0.717) is 10.7 Å². The summed E-state index contributed by atoms with van der Waals surface area (Å²) in [5.74, 6) is 0. The van der Waals surface area contributed by atoms with Gasteiger partial charge in [0.2, 0.25) is 0 Å². The van der Waals surface area contributed by atoms with Gasteiger partial charge in [-0.15, -0.1) is 0 Å². The maximum Gasteiger partial charge on any atom is 0.416 e. The SMILES string of the molecule is CC(Nc1c(Cl)cnc2ccccc12)c1ccccc1C(F)(F)F. The van der Waals surface area contributed by atoms with E-state index in [1.165, 1.54) is 18.3 Å². The van der Waals surface area contributed by atoms with Crippen LogP contribution in [0, 0.1) is 0 Å². The van der Waals surface area contributed by atoms with Crippen molar-refractivity contribution < 1.29 is 13.2 Å². The fraction of sp³-hybridized carbons (Fsp3) is 0.167. The number of hydrogen-bond donors (Lipinski definition) is 1. The van der Waals surface area contributed by atoms with Gasteiger partial charge in [-0.1, -0.05) is 48.0 Å². The molecule has 2 nitrogen and oxygen atoms in total. The molecule has 0 aliphatic rings. The van der Waals surface area contributed by atoms with Gasteiger partial charge < -0.3 is 5.32 Å². The summed E-state index contributed by atoms with van der Waals surface area (Å²) in [4.78, 5) is 4.23. The van der Waals surface area contributed by atoms with E-state index in [0.717, 1.165) is 17.0 Å². The lowest BCUT2D eigenvalue weighted by Gasteiger charge is -2.21. The normalized spacial score (nSPS) is 13.0. The molecule has 1 heterocycles. The largest absolute Gasteiger partial charge is 0.416 e. The van der Waals surface area contributed by atoms with Crippen molar-refractivity contribution in [3.8, 4) is 0 Å². The lowest BCUT2D eigenvalue weighted by Crippen LogP contribution is -2.15. The Morgan fingerprint density at radius 2 is 1.71 bits per heavy atom. The molecule has 6 heteroatoms. The average Bonchev–Trinajstić information content (AvgIpc) is 2.56. The highest BCUT2D eigenvalue weighted by molar-refractivity contribution is 6.34. The molecular weight excluding hydrogens is 337 g/mol. The van der Waals surface area contributed by atoms with Gasteiger partial charge in [0.05, 0.1) is 21.8 Å². The second-order valence-corrected chi connectivity index (χ2v) is 5.86. The van der Waals surface area contributed by atoms with E-state index in [1.807, 2.05) is 24.3 Å². The lowest BCUT2D eigenvalue weighted by atomic mass is 10.0. The van der Waals surface area contributed by atoms with Gasteiger partial charge >= 0.3 is 6.18 Å². The van der Waals surface area contributed by atoms with E-state index in [1.54, 1.807) is 13.0 Å². The Bertz CT molecular complexity index is 878. The van der Waals surface area contributed by atoms with E-state index in [4.69, 9.17) is 11.6 Å². The van der Waals surface area contributed by atoms with Gasteiger partial charge in [-0.3, -0.25) is 4.98 Å². The number of alkyl halides is 3. The van der Waals surface area contributed by atoms with Crippen molar-refractivity contribution in [2.75, 3.05) is 5.32 Å². The summed E-state index contributed by atoms with van der Waals surface area (Å²) in [6.45, 7) is 1.68. The van der Waals surface area contributed by atoms with Crippen molar-refractivity contribution in [1.29, 1.82) is 0 Å². The van der Waals surface area contributed by atoms with E-state index < -0.39 is 17.8 Å². The third-order valence-corrected chi connectivity index (χ3v) is 4.11. The molecule has 0 fully saturated rings. The Morgan fingerprint density at radius 3 is 2.46 bits per heavy atom. The quantitative estimate of drug-likeness (QED) is 0.619. The average molecular weight is 351 g/mol. The van der Waals surface area contributed by atoms with Gasteiger partial charge in [0.25, 0.3) is 0 Å². The number of aromatic nitrogens is 1. The first-order valence-electron chi connectivity index (χ1n) is 7.34. The fourth-order valence-electron chi connectivity index (χ4n) is 2.69. The number of rotatable bonds is 3. The molecule has 0 saturated heterocycles. The molecule has 1 atom stereocenters. The summed E-state index contributed by atoms with van der Waals surface area (Å²) in [6, 6.07) is 12.3. The Balaban J connectivity index is 2.03. The molecule has 24 heavy (non-hydrogen) atoms. The summed E-state index contributed by atoms with van der Waals surface area (Å²) < 4.78 is 39.6. The van der Waals surface area contributed by atoms with E-state index in [-0.39, 0.29) is 5.56 Å². The molecule has 0 aliphatic heterocycles. The highest BCUT2D eigenvalue weighted by atomic mass is 35.5. The zero-order chi connectivity index (χ0) is 17.3. The van der Waals surface area contributed by atoms with Crippen molar-refractivity contribution >= 4 is 28.2 Å². The molecule has 0 radical (unpaired) electrons. The highest BCUT2D eigenvalue weighted by Crippen LogP contribution is 2.37. The molecule has 124 valence electrons. The molecule has 0 spiro atoms. The van der Waals surface area contributed by atoms with Gasteiger partial charge in [0.15, 0.2) is 0 Å². The zero-order valence-electron chi connectivity index (χ0n) is 12.7. The summed E-state index contributed by atoms with van der Waals surface area (Å²) in [5, 5.41) is 4.24. The summed E-state index contributed by atoms with van der Waals surface area (Å²) in [6.07, 6.45) is -2.91. The standard InChI is InChI=1S/C18H14ClF3N2/c1-11(12-6-2-4-8-14(12)18(20,21)22)24-17-13-7-3-5-9-16(13)23-10-15(17)19/h2-11H,1H3,(H,23,24). The predicted molar refractivity (Wildman–Crippen MR) is 90.2 cm³/mol. The maximum atomic E-state index is 13.2. The second kappa shape index (κ2) is 6.32. The van der Waals surface area contributed by atoms with Crippen molar-refractivity contribution in [3.63, 3.8) is 0 Å². The molecule has 1 unspecified atom stereocenters. The Kier molecular flexibility index (Phi) is 4.37. The highest BCUT2D eigenvalue weighted by Gasteiger charge is 2.34. The third-order valence-electron chi connectivity index (χ3n) is 3.82. The Morgan fingerprint density at radius 1 is 1.04 bits per heavy atom.